The van der Waals surface area contributed by atoms with Crippen LogP contribution < -0.4 is 15.4 Å². The van der Waals surface area contributed by atoms with Gasteiger partial charge in [-0.05, 0) is 26.0 Å². The second-order valence-electron chi connectivity index (χ2n) is 4.70. The Bertz CT molecular complexity index is 582. The van der Waals surface area contributed by atoms with Crippen molar-refractivity contribution in [2.45, 2.75) is 25.6 Å². The third kappa shape index (κ3) is 2.54. The van der Waals surface area contributed by atoms with Crippen LogP contribution in [0.4, 0.5) is 24.5 Å². The van der Waals surface area contributed by atoms with Crippen molar-refractivity contribution in [2.75, 3.05) is 10.6 Å². The van der Waals surface area contributed by atoms with Gasteiger partial charge in [-0.15, -0.1) is 0 Å². The van der Waals surface area contributed by atoms with Gasteiger partial charge in [0.15, 0.2) is 5.60 Å². The number of hydrogen-bond donors (Lipinski definition) is 2. The zero-order valence-electron chi connectivity index (χ0n) is 10.6. The molecule has 0 radical (unpaired) electrons. The molecule has 0 spiro atoms. The van der Waals surface area contributed by atoms with Crippen molar-refractivity contribution in [1.82, 2.24) is 0 Å². The van der Waals surface area contributed by atoms with E-state index in [1.54, 1.807) is 5.32 Å². The molecule has 2 rings (SSSR count). The fourth-order valence-electron chi connectivity index (χ4n) is 1.63. The van der Waals surface area contributed by atoms with Crippen molar-refractivity contribution in [3.8, 4) is 5.75 Å². The molecule has 0 saturated carbocycles. The first kappa shape index (κ1) is 14.2. The second kappa shape index (κ2) is 4.39. The van der Waals surface area contributed by atoms with Gasteiger partial charge in [0.25, 0.3) is 5.91 Å². The molecule has 0 unspecified atom stereocenters. The summed E-state index contributed by atoms with van der Waals surface area (Å²) >= 11 is 0. The molecular formula is C12H11F3N2O3. The van der Waals surface area contributed by atoms with E-state index >= 15 is 0 Å². The molecule has 8 heteroatoms. The first-order valence-electron chi connectivity index (χ1n) is 5.63. The Morgan fingerprint density at radius 1 is 1.35 bits per heavy atom. The molecule has 2 amide bonds. The lowest BCUT2D eigenvalue weighted by Crippen LogP contribution is -2.46. The van der Waals surface area contributed by atoms with Crippen molar-refractivity contribution in [2.24, 2.45) is 0 Å². The van der Waals surface area contributed by atoms with Crippen molar-refractivity contribution in [3.63, 3.8) is 0 Å². The van der Waals surface area contributed by atoms with Crippen LogP contribution in [0.15, 0.2) is 18.2 Å². The van der Waals surface area contributed by atoms with Crippen LogP contribution in [0.3, 0.4) is 0 Å². The predicted molar refractivity (Wildman–Crippen MR) is 64.5 cm³/mol. The van der Waals surface area contributed by atoms with Gasteiger partial charge in [-0.3, -0.25) is 9.59 Å². The quantitative estimate of drug-likeness (QED) is 0.833. The molecule has 108 valence electrons. The van der Waals surface area contributed by atoms with E-state index in [0.29, 0.717) is 0 Å². The zero-order chi connectivity index (χ0) is 15.1. The lowest BCUT2D eigenvalue weighted by atomic mass is 10.1. The van der Waals surface area contributed by atoms with E-state index in [1.807, 2.05) is 0 Å². The minimum atomic E-state index is -5.01. The number of hydrogen-bond acceptors (Lipinski definition) is 3. The summed E-state index contributed by atoms with van der Waals surface area (Å²) in [5, 5.41) is 4.13. The Balaban J connectivity index is 2.35. The molecule has 0 aliphatic carbocycles. The SMILES string of the molecule is CC1(C)Oc2cccc(NC(=O)C(F)(F)F)c2NC1=O. The minimum Gasteiger partial charge on any atom is -0.476 e. The Kier molecular flexibility index (Phi) is 3.11. The van der Waals surface area contributed by atoms with Crippen LogP contribution in [-0.4, -0.2) is 23.6 Å². The highest BCUT2D eigenvalue weighted by Crippen LogP contribution is 2.39. The number of fused-ring (bicyclic) bond motifs is 1. The number of benzene rings is 1. The highest BCUT2D eigenvalue weighted by Gasteiger charge is 2.40. The number of ether oxygens (including phenoxy) is 1. The lowest BCUT2D eigenvalue weighted by molar-refractivity contribution is -0.167. The summed E-state index contributed by atoms with van der Waals surface area (Å²) in [7, 11) is 0. The molecule has 2 N–H and O–H groups in total. The number of carbonyl (C=O) groups excluding carboxylic acids is 2. The molecule has 20 heavy (non-hydrogen) atoms. The van der Waals surface area contributed by atoms with Crippen LogP contribution >= 0.6 is 0 Å². The van der Waals surface area contributed by atoms with E-state index < -0.39 is 23.6 Å². The molecule has 0 atom stereocenters. The molecule has 1 aromatic carbocycles. The average molecular weight is 288 g/mol. The van der Waals surface area contributed by atoms with Gasteiger partial charge >= 0.3 is 12.1 Å². The van der Waals surface area contributed by atoms with E-state index in [2.05, 4.69) is 5.32 Å². The molecule has 0 aromatic heterocycles. The summed E-state index contributed by atoms with van der Waals surface area (Å²) in [4.78, 5) is 22.7. The molecular weight excluding hydrogens is 277 g/mol. The lowest BCUT2D eigenvalue weighted by Gasteiger charge is -2.32. The Morgan fingerprint density at radius 2 is 2.00 bits per heavy atom. The van der Waals surface area contributed by atoms with Gasteiger partial charge < -0.3 is 15.4 Å². The smallest absolute Gasteiger partial charge is 0.471 e. The summed E-state index contributed by atoms with van der Waals surface area (Å²) in [5.74, 6) is -2.45. The van der Waals surface area contributed by atoms with Crippen LogP contribution in [0.25, 0.3) is 0 Å². The van der Waals surface area contributed by atoms with Crippen LogP contribution in [0.5, 0.6) is 5.75 Å². The third-order valence-electron chi connectivity index (χ3n) is 2.68. The first-order valence-corrected chi connectivity index (χ1v) is 5.63. The molecule has 0 saturated heterocycles. The number of carbonyl (C=O) groups is 2. The maximum absolute atomic E-state index is 12.2. The molecule has 1 aliphatic rings. The van der Waals surface area contributed by atoms with Crippen molar-refractivity contribution in [3.05, 3.63) is 18.2 Å². The molecule has 0 fully saturated rings. The highest BCUT2D eigenvalue weighted by atomic mass is 19.4. The number of anilines is 2. The zero-order valence-corrected chi connectivity index (χ0v) is 10.6. The summed E-state index contributed by atoms with van der Waals surface area (Å²) in [6.07, 6.45) is -5.01. The summed E-state index contributed by atoms with van der Waals surface area (Å²) < 4.78 is 42.1. The van der Waals surface area contributed by atoms with Crippen LogP contribution in [0.2, 0.25) is 0 Å². The third-order valence-corrected chi connectivity index (χ3v) is 2.68. The van der Waals surface area contributed by atoms with E-state index in [9.17, 15) is 22.8 Å². The first-order chi connectivity index (χ1) is 9.11. The monoisotopic (exact) mass is 288 g/mol. The van der Waals surface area contributed by atoms with Crippen molar-refractivity contribution >= 4 is 23.2 Å². The highest BCUT2D eigenvalue weighted by molar-refractivity contribution is 6.06. The minimum absolute atomic E-state index is 0.00873. The average Bonchev–Trinajstić information content (AvgIpc) is 2.30. The van der Waals surface area contributed by atoms with Gasteiger partial charge in [0.1, 0.15) is 11.4 Å². The number of amides is 2. The Labute approximate surface area is 112 Å². The fourth-order valence-corrected chi connectivity index (χ4v) is 1.63. The van der Waals surface area contributed by atoms with Gasteiger partial charge in [-0.25, -0.2) is 0 Å². The Morgan fingerprint density at radius 3 is 2.60 bits per heavy atom. The predicted octanol–water partition coefficient (Wildman–Crippen LogP) is 2.30. The number of nitrogens with one attached hydrogen (secondary N) is 2. The molecule has 1 aliphatic heterocycles. The van der Waals surface area contributed by atoms with Crippen molar-refractivity contribution in [1.29, 1.82) is 0 Å². The van der Waals surface area contributed by atoms with Gasteiger partial charge in [-0.2, -0.15) is 13.2 Å². The van der Waals surface area contributed by atoms with Gasteiger partial charge in [-0.1, -0.05) is 6.07 Å². The standard InChI is InChI=1S/C12H11F3N2O3/c1-11(2)9(18)17-8-6(4-3-5-7(8)20-11)16-10(19)12(13,14)15/h3-5H,1-2H3,(H,16,19)(H,17,18). The van der Waals surface area contributed by atoms with E-state index in [1.165, 1.54) is 32.0 Å². The number of halogens is 3. The van der Waals surface area contributed by atoms with Crippen LogP contribution in [0.1, 0.15) is 13.8 Å². The maximum Gasteiger partial charge on any atom is 0.471 e. The summed E-state index contributed by atoms with van der Waals surface area (Å²) in [6.45, 7) is 3.04. The summed E-state index contributed by atoms with van der Waals surface area (Å²) in [5.41, 5.74) is -1.30. The Hall–Kier alpha value is -2.25. The second-order valence-corrected chi connectivity index (χ2v) is 4.70. The van der Waals surface area contributed by atoms with Gasteiger partial charge in [0.2, 0.25) is 0 Å². The number of rotatable bonds is 1. The van der Waals surface area contributed by atoms with E-state index in [-0.39, 0.29) is 17.1 Å². The molecule has 1 heterocycles. The van der Waals surface area contributed by atoms with E-state index in [0.717, 1.165) is 0 Å². The molecule has 5 nitrogen and oxygen atoms in total. The van der Waals surface area contributed by atoms with Crippen LogP contribution in [-0.2, 0) is 9.59 Å². The largest absolute Gasteiger partial charge is 0.476 e. The normalized spacial score (nSPS) is 16.8. The van der Waals surface area contributed by atoms with Gasteiger partial charge in [0.05, 0.1) is 5.69 Å². The van der Waals surface area contributed by atoms with Gasteiger partial charge in [0, 0.05) is 0 Å². The topological polar surface area (TPSA) is 67.4 Å². The maximum atomic E-state index is 12.2. The number of para-hydroxylation sites is 1. The fraction of sp³-hybridized carbons (Fsp3) is 0.333. The van der Waals surface area contributed by atoms with Crippen LogP contribution in [0, 0.1) is 0 Å². The molecule has 0 bridgehead atoms. The molecule has 1 aromatic rings. The number of alkyl halides is 3. The van der Waals surface area contributed by atoms with Crippen molar-refractivity contribution < 1.29 is 27.5 Å². The van der Waals surface area contributed by atoms with E-state index in [4.69, 9.17) is 4.74 Å². The summed E-state index contributed by atoms with van der Waals surface area (Å²) in [6, 6.07) is 4.14.